The average molecular weight is 249 g/mol. The van der Waals surface area contributed by atoms with Crippen molar-refractivity contribution in [2.75, 3.05) is 24.7 Å². The third-order valence-electron chi connectivity index (χ3n) is 2.78. The molecular formula is C11H15N5O2. The fourth-order valence-corrected chi connectivity index (χ4v) is 1.80. The van der Waals surface area contributed by atoms with Gasteiger partial charge in [-0.2, -0.15) is 4.98 Å². The topological polar surface area (TPSA) is 87.2 Å². The first-order valence-corrected chi connectivity index (χ1v) is 5.61. The number of hydrogen-bond acceptors (Lipinski definition) is 6. The Kier molecular flexibility index (Phi) is 3.14. The lowest BCUT2D eigenvalue weighted by Gasteiger charge is -2.12. The van der Waals surface area contributed by atoms with Crippen molar-refractivity contribution in [3.63, 3.8) is 0 Å². The van der Waals surface area contributed by atoms with Crippen LogP contribution in [0.3, 0.4) is 0 Å². The van der Waals surface area contributed by atoms with E-state index in [1.165, 1.54) is 7.05 Å². The molecule has 0 bridgehead atoms. The van der Waals surface area contributed by atoms with Gasteiger partial charge in [-0.05, 0) is 6.92 Å². The molecule has 7 nitrogen and oxygen atoms in total. The van der Waals surface area contributed by atoms with Gasteiger partial charge in [-0.25, -0.2) is 4.98 Å². The van der Waals surface area contributed by atoms with E-state index in [4.69, 9.17) is 0 Å². The first kappa shape index (κ1) is 12.3. The third-order valence-corrected chi connectivity index (χ3v) is 2.78. The number of carbonyl (C=O) groups is 2. The minimum Gasteiger partial charge on any atom is -0.358 e. The molecule has 1 unspecified atom stereocenters. The van der Waals surface area contributed by atoms with Crippen LogP contribution >= 0.6 is 0 Å². The molecule has 2 amide bonds. The van der Waals surface area contributed by atoms with Gasteiger partial charge in [0.05, 0.1) is 6.42 Å². The van der Waals surface area contributed by atoms with Gasteiger partial charge >= 0.3 is 0 Å². The Hall–Kier alpha value is -2.18. The lowest BCUT2D eigenvalue weighted by Crippen LogP contribution is -2.32. The molecule has 7 heteroatoms. The Morgan fingerprint density at radius 1 is 1.39 bits per heavy atom. The maximum Gasteiger partial charge on any atom is 0.251 e. The van der Waals surface area contributed by atoms with Crippen LogP contribution in [0.4, 0.5) is 11.8 Å². The third kappa shape index (κ3) is 2.24. The summed E-state index contributed by atoms with van der Waals surface area (Å²) in [6, 6.07) is 1.19. The van der Waals surface area contributed by atoms with E-state index >= 15 is 0 Å². The van der Waals surface area contributed by atoms with Crippen molar-refractivity contribution in [1.29, 1.82) is 0 Å². The van der Waals surface area contributed by atoms with E-state index in [-0.39, 0.29) is 18.2 Å². The highest BCUT2D eigenvalue weighted by Gasteiger charge is 2.36. The summed E-state index contributed by atoms with van der Waals surface area (Å²) >= 11 is 0. The zero-order chi connectivity index (χ0) is 13.3. The quantitative estimate of drug-likeness (QED) is 0.733. The number of rotatable bonds is 3. The van der Waals surface area contributed by atoms with E-state index in [2.05, 4.69) is 20.6 Å². The SMILES string of the molecule is CNc1nc(C)cc(NC2CC(=O)N(C)C2=O)n1. The molecule has 1 aromatic rings. The predicted molar refractivity (Wildman–Crippen MR) is 66.1 cm³/mol. The fraction of sp³-hybridized carbons (Fsp3) is 0.455. The van der Waals surface area contributed by atoms with E-state index in [1.54, 1.807) is 13.1 Å². The zero-order valence-corrected chi connectivity index (χ0v) is 10.5. The van der Waals surface area contributed by atoms with Crippen LogP contribution in [-0.4, -0.2) is 46.8 Å². The van der Waals surface area contributed by atoms with Crippen LogP contribution in [0.1, 0.15) is 12.1 Å². The summed E-state index contributed by atoms with van der Waals surface area (Å²) < 4.78 is 0. The smallest absolute Gasteiger partial charge is 0.251 e. The van der Waals surface area contributed by atoms with Gasteiger partial charge in [0.25, 0.3) is 5.91 Å². The number of anilines is 2. The summed E-state index contributed by atoms with van der Waals surface area (Å²) in [5.74, 6) is 0.593. The molecule has 2 heterocycles. The van der Waals surface area contributed by atoms with Gasteiger partial charge in [0.15, 0.2) is 0 Å². The summed E-state index contributed by atoms with van der Waals surface area (Å²) in [5, 5.41) is 5.80. The molecular weight excluding hydrogens is 234 g/mol. The van der Waals surface area contributed by atoms with E-state index in [0.717, 1.165) is 10.6 Å². The number of carbonyl (C=O) groups excluding carboxylic acids is 2. The lowest BCUT2D eigenvalue weighted by molar-refractivity contribution is -0.136. The number of amides is 2. The molecule has 2 N–H and O–H groups in total. The minimum absolute atomic E-state index is 0.160. The molecule has 0 aliphatic carbocycles. The standard InChI is InChI=1S/C11H15N5O2/c1-6-4-8(15-11(12-2)13-6)14-7-5-9(17)16(3)10(7)18/h4,7H,5H2,1-3H3,(H2,12,13,14,15). The van der Waals surface area contributed by atoms with Crippen LogP contribution in [0.25, 0.3) is 0 Å². The van der Waals surface area contributed by atoms with Crippen molar-refractivity contribution in [2.45, 2.75) is 19.4 Å². The van der Waals surface area contributed by atoms with Crippen molar-refractivity contribution in [3.8, 4) is 0 Å². The summed E-state index contributed by atoms with van der Waals surface area (Å²) in [7, 11) is 3.20. The van der Waals surface area contributed by atoms with Gasteiger partial charge in [-0.15, -0.1) is 0 Å². The Morgan fingerprint density at radius 2 is 2.11 bits per heavy atom. The highest BCUT2D eigenvalue weighted by Crippen LogP contribution is 2.17. The van der Waals surface area contributed by atoms with Crippen LogP contribution in [-0.2, 0) is 9.59 Å². The molecule has 1 aromatic heterocycles. The van der Waals surface area contributed by atoms with E-state index < -0.39 is 6.04 Å². The van der Waals surface area contributed by atoms with Crippen molar-refractivity contribution in [3.05, 3.63) is 11.8 Å². The van der Waals surface area contributed by atoms with Crippen LogP contribution in [0.2, 0.25) is 0 Å². The van der Waals surface area contributed by atoms with E-state index in [9.17, 15) is 9.59 Å². The molecule has 1 aliphatic heterocycles. The second-order valence-electron chi connectivity index (χ2n) is 4.16. The largest absolute Gasteiger partial charge is 0.358 e. The molecule has 1 saturated heterocycles. The van der Waals surface area contributed by atoms with Crippen LogP contribution in [0.5, 0.6) is 0 Å². The molecule has 0 radical (unpaired) electrons. The Morgan fingerprint density at radius 3 is 2.67 bits per heavy atom. The van der Waals surface area contributed by atoms with Crippen molar-refractivity contribution < 1.29 is 9.59 Å². The first-order chi connectivity index (χ1) is 8.51. The van der Waals surface area contributed by atoms with Gasteiger partial charge in [0.2, 0.25) is 11.9 Å². The maximum atomic E-state index is 11.7. The molecule has 0 aromatic carbocycles. The van der Waals surface area contributed by atoms with Gasteiger partial charge in [0, 0.05) is 25.9 Å². The second kappa shape index (κ2) is 4.59. The summed E-state index contributed by atoms with van der Waals surface area (Å²) in [4.78, 5) is 32.6. The van der Waals surface area contributed by atoms with Gasteiger partial charge in [-0.3, -0.25) is 14.5 Å². The molecule has 96 valence electrons. The zero-order valence-electron chi connectivity index (χ0n) is 10.5. The average Bonchev–Trinajstić information content (AvgIpc) is 2.56. The van der Waals surface area contributed by atoms with Crippen LogP contribution < -0.4 is 10.6 Å². The number of nitrogens with zero attached hydrogens (tertiary/aromatic N) is 3. The molecule has 1 fully saturated rings. The summed E-state index contributed by atoms with van der Waals surface area (Å²) in [5.41, 5.74) is 0.780. The lowest BCUT2D eigenvalue weighted by atomic mass is 10.2. The number of aryl methyl sites for hydroxylation is 1. The molecule has 2 rings (SSSR count). The maximum absolute atomic E-state index is 11.7. The van der Waals surface area contributed by atoms with Crippen molar-refractivity contribution in [1.82, 2.24) is 14.9 Å². The first-order valence-electron chi connectivity index (χ1n) is 5.61. The Balaban J connectivity index is 2.17. The minimum atomic E-state index is -0.540. The number of aromatic nitrogens is 2. The number of likely N-dealkylation sites (tertiary alicyclic amines) is 1. The number of hydrogen-bond donors (Lipinski definition) is 2. The number of nitrogens with one attached hydrogen (secondary N) is 2. The van der Waals surface area contributed by atoms with Crippen LogP contribution in [0.15, 0.2) is 6.07 Å². The van der Waals surface area contributed by atoms with Crippen molar-refractivity contribution >= 4 is 23.6 Å². The van der Waals surface area contributed by atoms with E-state index in [0.29, 0.717) is 11.8 Å². The molecule has 1 aliphatic rings. The number of likely N-dealkylation sites (N-methyl/N-ethyl adjacent to an activating group) is 1. The predicted octanol–water partition coefficient (Wildman–Crippen LogP) is -0.00408. The summed E-state index contributed by atoms with van der Waals surface area (Å²) in [6.07, 6.45) is 0.160. The van der Waals surface area contributed by atoms with Gasteiger partial charge in [-0.1, -0.05) is 0 Å². The highest BCUT2D eigenvalue weighted by molar-refractivity contribution is 6.06. The highest BCUT2D eigenvalue weighted by atomic mass is 16.2. The van der Waals surface area contributed by atoms with Gasteiger partial charge in [0.1, 0.15) is 11.9 Å². The van der Waals surface area contributed by atoms with E-state index in [1.807, 2.05) is 6.92 Å². The van der Waals surface area contributed by atoms with Crippen LogP contribution in [0, 0.1) is 6.92 Å². The molecule has 1 atom stereocenters. The number of imide groups is 1. The Labute approximate surface area is 105 Å². The normalized spacial score (nSPS) is 19.3. The molecule has 0 spiro atoms. The molecule has 18 heavy (non-hydrogen) atoms. The second-order valence-corrected chi connectivity index (χ2v) is 4.16. The molecule has 0 saturated carbocycles. The Bertz CT molecular complexity index is 502. The van der Waals surface area contributed by atoms with Crippen molar-refractivity contribution in [2.24, 2.45) is 0 Å². The monoisotopic (exact) mass is 249 g/mol. The fourth-order valence-electron chi connectivity index (χ4n) is 1.80. The van der Waals surface area contributed by atoms with Gasteiger partial charge < -0.3 is 10.6 Å². The summed E-state index contributed by atoms with van der Waals surface area (Å²) in [6.45, 7) is 1.83.